The molecule has 0 unspecified atom stereocenters. The summed E-state index contributed by atoms with van der Waals surface area (Å²) in [5.41, 5.74) is 3.78. The van der Waals surface area contributed by atoms with Gasteiger partial charge in [0.15, 0.2) is 0 Å². The van der Waals surface area contributed by atoms with Gasteiger partial charge in [0.05, 0.1) is 10.5 Å². The molecule has 2 aromatic carbocycles. The smallest absolute Gasteiger partial charge is 0.207 e. The molecule has 4 nitrogen and oxygen atoms in total. The van der Waals surface area contributed by atoms with Crippen LogP contribution in [0.15, 0.2) is 47.4 Å². The normalized spacial score (nSPS) is 13.6. The summed E-state index contributed by atoms with van der Waals surface area (Å²) in [5.74, 6) is 0. The quantitative estimate of drug-likeness (QED) is 0.943. The Morgan fingerprint density at radius 1 is 1.09 bits per heavy atom. The number of hydrogen-bond acceptors (Lipinski definition) is 3. The molecule has 1 aliphatic carbocycles. The summed E-state index contributed by atoms with van der Waals surface area (Å²) in [6.45, 7) is 0.232. The minimum Gasteiger partial charge on any atom is -0.207 e. The summed E-state index contributed by atoms with van der Waals surface area (Å²) in [4.78, 5) is 0.0265. The monoisotopic (exact) mass is 312 g/mol. The first-order valence-electron chi connectivity index (χ1n) is 7.19. The van der Waals surface area contributed by atoms with Crippen LogP contribution >= 0.6 is 0 Å². The van der Waals surface area contributed by atoms with Gasteiger partial charge in [0.25, 0.3) is 0 Å². The van der Waals surface area contributed by atoms with E-state index < -0.39 is 10.0 Å². The van der Waals surface area contributed by atoms with E-state index in [-0.39, 0.29) is 17.0 Å². The Hall–Kier alpha value is -2.16. The van der Waals surface area contributed by atoms with E-state index in [1.165, 1.54) is 29.7 Å². The lowest BCUT2D eigenvalue weighted by Crippen LogP contribution is -2.24. The zero-order valence-corrected chi connectivity index (χ0v) is 12.9. The van der Waals surface area contributed by atoms with Crippen molar-refractivity contribution < 1.29 is 8.42 Å². The molecule has 0 heterocycles. The summed E-state index contributed by atoms with van der Waals surface area (Å²) in [6, 6.07) is 14.2. The van der Waals surface area contributed by atoms with Gasteiger partial charge in [0, 0.05) is 6.54 Å². The number of nitriles is 1. The first-order valence-corrected chi connectivity index (χ1v) is 8.68. The van der Waals surface area contributed by atoms with Crippen molar-refractivity contribution in [3.63, 3.8) is 0 Å². The maximum atomic E-state index is 12.4. The largest absolute Gasteiger partial charge is 0.242 e. The maximum Gasteiger partial charge on any atom is 0.242 e. The molecule has 2 aromatic rings. The minimum atomic E-state index is -3.69. The fraction of sp³-hybridized carbons (Fsp3) is 0.235. The molecule has 0 saturated carbocycles. The highest BCUT2D eigenvalue weighted by Gasteiger charge is 2.18. The predicted molar refractivity (Wildman–Crippen MR) is 83.6 cm³/mol. The molecule has 0 saturated heterocycles. The Balaban J connectivity index is 1.79. The molecule has 0 fully saturated rings. The van der Waals surface area contributed by atoms with Gasteiger partial charge in [-0.2, -0.15) is 5.26 Å². The molecule has 0 atom stereocenters. The highest BCUT2D eigenvalue weighted by Crippen LogP contribution is 2.23. The van der Waals surface area contributed by atoms with Crippen molar-refractivity contribution in [3.8, 4) is 6.07 Å². The summed E-state index contributed by atoms with van der Waals surface area (Å²) in [5, 5.41) is 9.03. The zero-order chi connectivity index (χ0) is 15.6. The van der Waals surface area contributed by atoms with Gasteiger partial charge >= 0.3 is 0 Å². The van der Waals surface area contributed by atoms with Gasteiger partial charge in [-0.15, -0.1) is 0 Å². The van der Waals surface area contributed by atoms with Gasteiger partial charge < -0.3 is 0 Å². The van der Waals surface area contributed by atoms with Crippen molar-refractivity contribution >= 4 is 10.0 Å². The first kappa shape index (κ1) is 14.8. The minimum absolute atomic E-state index is 0.0265. The van der Waals surface area contributed by atoms with E-state index in [1.807, 2.05) is 12.1 Å². The van der Waals surface area contributed by atoms with Gasteiger partial charge in [0.1, 0.15) is 6.07 Å². The third kappa shape index (κ3) is 2.89. The second-order valence-corrected chi connectivity index (χ2v) is 7.12. The number of nitrogens with zero attached hydrogens (tertiary/aromatic N) is 1. The Bertz CT molecular complexity index is 851. The Kier molecular flexibility index (Phi) is 3.97. The molecular weight excluding hydrogens is 296 g/mol. The van der Waals surface area contributed by atoms with Crippen molar-refractivity contribution in [2.45, 2.75) is 30.7 Å². The van der Waals surface area contributed by atoms with Gasteiger partial charge in [-0.25, -0.2) is 13.1 Å². The van der Waals surface area contributed by atoms with Crippen LogP contribution in [0.4, 0.5) is 0 Å². The number of sulfonamides is 1. The number of nitrogens with one attached hydrogen (secondary N) is 1. The van der Waals surface area contributed by atoms with Crippen LogP contribution in [0.5, 0.6) is 0 Å². The number of rotatable bonds is 4. The highest BCUT2D eigenvalue weighted by atomic mass is 32.2. The molecule has 0 spiro atoms. The van der Waals surface area contributed by atoms with Gasteiger partial charge in [-0.1, -0.05) is 30.3 Å². The first-order chi connectivity index (χ1) is 10.6. The van der Waals surface area contributed by atoms with Crippen LogP contribution in [0.1, 0.15) is 28.7 Å². The van der Waals surface area contributed by atoms with E-state index in [0.29, 0.717) is 0 Å². The second-order valence-electron chi connectivity index (χ2n) is 5.39. The molecule has 1 N–H and O–H groups in total. The lowest BCUT2D eigenvalue weighted by molar-refractivity contribution is 0.581. The third-order valence-corrected chi connectivity index (χ3v) is 5.39. The highest BCUT2D eigenvalue weighted by molar-refractivity contribution is 7.89. The van der Waals surface area contributed by atoms with Crippen molar-refractivity contribution in [1.29, 1.82) is 5.26 Å². The summed E-state index contributed by atoms with van der Waals surface area (Å²) in [7, 11) is -3.69. The number of hydrogen-bond donors (Lipinski definition) is 1. The fourth-order valence-corrected chi connectivity index (χ4v) is 3.96. The summed E-state index contributed by atoms with van der Waals surface area (Å²) in [6.07, 6.45) is 3.34. The fourth-order valence-electron chi connectivity index (χ4n) is 2.78. The van der Waals surface area contributed by atoms with Crippen molar-refractivity contribution in [1.82, 2.24) is 4.72 Å². The van der Waals surface area contributed by atoms with E-state index >= 15 is 0 Å². The van der Waals surface area contributed by atoms with Crippen LogP contribution in [0.25, 0.3) is 0 Å². The molecule has 5 heteroatoms. The predicted octanol–water partition coefficient (Wildman–Crippen LogP) is 2.53. The zero-order valence-electron chi connectivity index (χ0n) is 12.0. The molecule has 0 bridgehead atoms. The molecule has 22 heavy (non-hydrogen) atoms. The van der Waals surface area contributed by atoms with Gasteiger partial charge in [-0.05, 0) is 48.1 Å². The van der Waals surface area contributed by atoms with Gasteiger partial charge in [0.2, 0.25) is 10.0 Å². The van der Waals surface area contributed by atoms with Crippen molar-refractivity contribution in [2.75, 3.05) is 0 Å². The molecule has 0 aliphatic heterocycles. The molecule has 0 radical (unpaired) electrons. The van der Waals surface area contributed by atoms with Crippen molar-refractivity contribution in [3.05, 3.63) is 64.7 Å². The van der Waals surface area contributed by atoms with Crippen molar-refractivity contribution in [2.24, 2.45) is 0 Å². The average Bonchev–Trinajstić information content (AvgIpc) is 3.00. The molecule has 112 valence electrons. The SMILES string of the molecule is N#Cc1ccccc1S(=O)(=O)NCc1ccc2c(c1)CCC2. The van der Waals surface area contributed by atoms with E-state index in [4.69, 9.17) is 5.26 Å². The maximum absolute atomic E-state index is 12.4. The van der Waals surface area contributed by atoms with E-state index in [9.17, 15) is 8.42 Å². The second kappa shape index (κ2) is 5.91. The van der Waals surface area contributed by atoms with Crippen LogP contribution in [0.3, 0.4) is 0 Å². The van der Waals surface area contributed by atoms with E-state index in [0.717, 1.165) is 18.4 Å². The molecular formula is C17H16N2O2S. The number of aryl methyl sites for hydroxylation is 2. The molecule has 3 rings (SSSR count). The Labute approximate surface area is 130 Å². The third-order valence-electron chi connectivity index (χ3n) is 3.93. The van der Waals surface area contributed by atoms with E-state index in [1.54, 1.807) is 12.1 Å². The molecule has 1 aliphatic rings. The Morgan fingerprint density at radius 3 is 2.68 bits per heavy atom. The van der Waals surface area contributed by atoms with Crippen LogP contribution in [0.2, 0.25) is 0 Å². The van der Waals surface area contributed by atoms with Crippen LogP contribution < -0.4 is 4.72 Å². The average molecular weight is 312 g/mol. The standard InChI is InChI=1S/C17H16N2O2S/c18-11-16-4-1-2-7-17(16)22(20,21)19-12-13-8-9-14-5-3-6-15(14)10-13/h1-2,4,7-10,19H,3,5-6,12H2. The number of fused-ring (bicyclic) bond motifs is 1. The molecule has 0 aromatic heterocycles. The number of benzene rings is 2. The van der Waals surface area contributed by atoms with Gasteiger partial charge in [-0.3, -0.25) is 0 Å². The molecule has 0 amide bonds. The van der Waals surface area contributed by atoms with E-state index in [2.05, 4.69) is 16.9 Å². The lowest BCUT2D eigenvalue weighted by Gasteiger charge is -2.09. The van der Waals surface area contributed by atoms with Crippen LogP contribution in [-0.2, 0) is 29.4 Å². The lowest BCUT2D eigenvalue weighted by atomic mass is 10.1. The van der Waals surface area contributed by atoms with Crippen LogP contribution in [0, 0.1) is 11.3 Å². The topological polar surface area (TPSA) is 70.0 Å². The Morgan fingerprint density at radius 2 is 1.86 bits per heavy atom. The summed E-state index contributed by atoms with van der Waals surface area (Å²) >= 11 is 0. The van der Waals surface area contributed by atoms with Crippen LogP contribution in [-0.4, -0.2) is 8.42 Å². The summed E-state index contributed by atoms with van der Waals surface area (Å²) < 4.78 is 27.3.